The number of likely N-dealkylation sites (tertiary alicyclic amines) is 1. The Morgan fingerprint density at radius 3 is 2.32 bits per heavy atom. The molecule has 0 aromatic heterocycles. The van der Waals surface area contributed by atoms with Gasteiger partial charge >= 0.3 is 0 Å². The van der Waals surface area contributed by atoms with Crippen LogP contribution in [0.1, 0.15) is 56.8 Å². The highest BCUT2D eigenvalue weighted by atomic mass is 35.5. The smallest absolute Gasteiger partial charge is 0.251 e. The standard InChI is InChI=1S/C22H27ClN2O3/c1-4-17(24-20(27)12-5-7-13(23)8-6-12)19-15-9-14(10-16(15)19)25-18(26)11-22(2,3)21(25)28/h5-8,14-17,19H,4,9-11H2,1-3H3,(H,24,27). The molecular formula is C22H27ClN2O3. The molecule has 1 aromatic carbocycles. The van der Waals surface area contributed by atoms with Gasteiger partial charge in [0.2, 0.25) is 11.8 Å². The van der Waals surface area contributed by atoms with Gasteiger partial charge < -0.3 is 5.32 Å². The Balaban J connectivity index is 1.37. The topological polar surface area (TPSA) is 66.5 Å². The normalized spacial score (nSPS) is 31.6. The third-order valence-electron chi connectivity index (χ3n) is 6.84. The minimum Gasteiger partial charge on any atom is -0.349 e. The van der Waals surface area contributed by atoms with Crippen molar-refractivity contribution in [3.8, 4) is 0 Å². The monoisotopic (exact) mass is 402 g/mol. The Hall–Kier alpha value is -1.88. The number of hydrogen-bond acceptors (Lipinski definition) is 3. The summed E-state index contributed by atoms with van der Waals surface area (Å²) in [6.45, 7) is 5.80. The number of amides is 3. The van der Waals surface area contributed by atoms with Crippen LogP contribution in [0.3, 0.4) is 0 Å². The summed E-state index contributed by atoms with van der Waals surface area (Å²) in [4.78, 5) is 39.0. The Morgan fingerprint density at radius 1 is 1.21 bits per heavy atom. The summed E-state index contributed by atoms with van der Waals surface area (Å²) in [7, 11) is 0. The van der Waals surface area contributed by atoms with Crippen molar-refractivity contribution in [1.29, 1.82) is 0 Å². The Kier molecular flexibility index (Phi) is 4.77. The van der Waals surface area contributed by atoms with Crippen molar-refractivity contribution in [3.63, 3.8) is 0 Å². The maximum atomic E-state index is 12.6. The summed E-state index contributed by atoms with van der Waals surface area (Å²) in [6, 6.07) is 7.08. The molecule has 3 fully saturated rings. The predicted octanol–water partition coefficient (Wildman–Crippen LogP) is 3.66. The summed E-state index contributed by atoms with van der Waals surface area (Å²) in [6.07, 6.45) is 2.93. The lowest BCUT2D eigenvalue weighted by Gasteiger charge is -2.27. The van der Waals surface area contributed by atoms with E-state index >= 15 is 0 Å². The molecule has 4 rings (SSSR count). The van der Waals surface area contributed by atoms with Gasteiger partial charge in [-0.15, -0.1) is 0 Å². The van der Waals surface area contributed by atoms with E-state index in [2.05, 4.69) is 12.2 Å². The molecule has 3 aliphatic rings. The number of nitrogens with one attached hydrogen (secondary N) is 1. The maximum absolute atomic E-state index is 12.6. The number of rotatable bonds is 5. The van der Waals surface area contributed by atoms with E-state index in [9.17, 15) is 14.4 Å². The van der Waals surface area contributed by atoms with E-state index in [0.717, 1.165) is 19.3 Å². The van der Waals surface area contributed by atoms with Crippen LogP contribution in [0.2, 0.25) is 5.02 Å². The molecule has 1 saturated heterocycles. The third-order valence-corrected chi connectivity index (χ3v) is 7.09. The molecule has 3 unspecified atom stereocenters. The van der Waals surface area contributed by atoms with Crippen LogP contribution in [0.15, 0.2) is 24.3 Å². The fourth-order valence-corrected chi connectivity index (χ4v) is 5.47. The molecule has 0 bridgehead atoms. The number of carbonyl (C=O) groups excluding carboxylic acids is 3. The van der Waals surface area contributed by atoms with Crippen molar-refractivity contribution < 1.29 is 14.4 Å². The summed E-state index contributed by atoms with van der Waals surface area (Å²) < 4.78 is 0. The average molecular weight is 403 g/mol. The van der Waals surface area contributed by atoms with E-state index < -0.39 is 5.41 Å². The molecule has 150 valence electrons. The lowest BCUT2D eigenvalue weighted by atomic mass is 9.92. The lowest BCUT2D eigenvalue weighted by Crippen LogP contribution is -2.42. The summed E-state index contributed by atoms with van der Waals surface area (Å²) in [5.41, 5.74) is 0.0453. The van der Waals surface area contributed by atoms with E-state index in [-0.39, 0.29) is 29.8 Å². The number of carbonyl (C=O) groups is 3. The minimum atomic E-state index is -0.568. The number of halogens is 1. The average Bonchev–Trinajstić information content (AvgIpc) is 3.03. The predicted molar refractivity (Wildman–Crippen MR) is 107 cm³/mol. The minimum absolute atomic E-state index is 0.0246. The molecule has 3 amide bonds. The molecule has 1 aromatic rings. The maximum Gasteiger partial charge on any atom is 0.251 e. The van der Waals surface area contributed by atoms with Crippen LogP contribution in [0.4, 0.5) is 0 Å². The number of fused-ring (bicyclic) bond motifs is 1. The molecule has 1 aliphatic heterocycles. The largest absolute Gasteiger partial charge is 0.349 e. The van der Waals surface area contributed by atoms with Gasteiger partial charge in [0.05, 0.1) is 5.41 Å². The highest BCUT2D eigenvalue weighted by Gasteiger charge is 2.61. The number of imide groups is 1. The first-order chi connectivity index (χ1) is 13.2. The third kappa shape index (κ3) is 3.24. The van der Waals surface area contributed by atoms with Crippen LogP contribution in [-0.4, -0.2) is 34.7 Å². The van der Waals surface area contributed by atoms with Gasteiger partial charge in [0.1, 0.15) is 0 Å². The van der Waals surface area contributed by atoms with E-state index in [0.29, 0.717) is 34.8 Å². The van der Waals surface area contributed by atoms with Crippen molar-refractivity contribution >= 4 is 29.3 Å². The van der Waals surface area contributed by atoms with Crippen molar-refractivity contribution in [1.82, 2.24) is 10.2 Å². The molecule has 2 aliphatic carbocycles. The quantitative estimate of drug-likeness (QED) is 0.764. The van der Waals surface area contributed by atoms with Gasteiger partial charge in [0.15, 0.2) is 0 Å². The molecule has 2 saturated carbocycles. The molecule has 0 radical (unpaired) electrons. The molecule has 1 heterocycles. The molecule has 28 heavy (non-hydrogen) atoms. The van der Waals surface area contributed by atoms with E-state index in [1.807, 2.05) is 13.8 Å². The van der Waals surface area contributed by atoms with Crippen LogP contribution < -0.4 is 5.32 Å². The first-order valence-corrected chi connectivity index (χ1v) is 10.5. The van der Waals surface area contributed by atoms with Crippen LogP contribution in [0.25, 0.3) is 0 Å². The van der Waals surface area contributed by atoms with Crippen molar-refractivity contribution in [2.24, 2.45) is 23.2 Å². The fourth-order valence-electron chi connectivity index (χ4n) is 5.34. The summed E-state index contributed by atoms with van der Waals surface area (Å²) >= 11 is 5.90. The van der Waals surface area contributed by atoms with Crippen LogP contribution >= 0.6 is 11.6 Å². The summed E-state index contributed by atoms with van der Waals surface area (Å²) in [5, 5.41) is 3.79. The van der Waals surface area contributed by atoms with Gasteiger partial charge in [-0.25, -0.2) is 0 Å². The first-order valence-electron chi connectivity index (χ1n) is 10.2. The van der Waals surface area contributed by atoms with Gasteiger partial charge in [-0.1, -0.05) is 32.4 Å². The molecular weight excluding hydrogens is 376 g/mol. The van der Waals surface area contributed by atoms with E-state index in [1.54, 1.807) is 24.3 Å². The lowest BCUT2D eigenvalue weighted by molar-refractivity contribution is -0.143. The fraction of sp³-hybridized carbons (Fsp3) is 0.591. The first kappa shape index (κ1) is 19.4. The second-order valence-corrected chi connectivity index (χ2v) is 9.59. The summed E-state index contributed by atoms with van der Waals surface area (Å²) in [5.74, 6) is 1.30. The highest BCUT2D eigenvalue weighted by molar-refractivity contribution is 6.30. The van der Waals surface area contributed by atoms with Crippen LogP contribution in [0, 0.1) is 23.2 Å². The molecule has 3 atom stereocenters. The second kappa shape index (κ2) is 6.87. The van der Waals surface area contributed by atoms with Crippen molar-refractivity contribution in [2.75, 3.05) is 0 Å². The van der Waals surface area contributed by atoms with Crippen LogP contribution in [-0.2, 0) is 9.59 Å². The number of benzene rings is 1. The van der Waals surface area contributed by atoms with Gasteiger partial charge in [0, 0.05) is 29.1 Å². The van der Waals surface area contributed by atoms with Crippen molar-refractivity contribution in [3.05, 3.63) is 34.9 Å². The number of hydrogen-bond donors (Lipinski definition) is 1. The van der Waals surface area contributed by atoms with E-state index in [4.69, 9.17) is 11.6 Å². The number of nitrogens with zero attached hydrogens (tertiary/aromatic N) is 1. The molecule has 6 heteroatoms. The SMILES string of the molecule is CCC(NC(=O)c1ccc(Cl)cc1)C1C2CC(N3C(=O)CC(C)(C)C3=O)CC21. The molecule has 1 N–H and O–H groups in total. The van der Waals surface area contributed by atoms with Gasteiger partial charge in [0.25, 0.3) is 5.91 Å². The van der Waals surface area contributed by atoms with Crippen LogP contribution in [0.5, 0.6) is 0 Å². The Bertz CT molecular complexity index is 808. The zero-order valence-electron chi connectivity index (χ0n) is 16.6. The Labute approximate surface area is 170 Å². The second-order valence-electron chi connectivity index (χ2n) is 9.15. The zero-order valence-corrected chi connectivity index (χ0v) is 17.3. The molecule has 0 spiro atoms. The van der Waals surface area contributed by atoms with Crippen molar-refractivity contribution in [2.45, 2.75) is 58.5 Å². The van der Waals surface area contributed by atoms with Gasteiger partial charge in [-0.05, 0) is 61.3 Å². The van der Waals surface area contributed by atoms with E-state index in [1.165, 1.54) is 4.90 Å². The zero-order chi connectivity index (χ0) is 20.2. The highest BCUT2D eigenvalue weighted by Crippen LogP contribution is 2.61. The van der Waals surface area contributed by atoms with Gasteiger partial charge in [-0.3, -0.25) is 19.3 Å². The molecule has 5 nitrogen and oxygen atoms in total. The Morgan fingerprint density at radius 2 is 1.82 bits per heavy atom. The van der Waals surface area contributed by atoms with Gasteiger partial charge in [-0.2, -0.15) is 0 Å².